The second-order valence-corrected chi connectivity index (χ2v) is 4.14. The molecule has 0 aromatic rings. The van der Waals surface area contributed by atoms with E-state index in [9.17, 15) is 4.79 Å². The molecule has 4 nitrogen and oxygen atoms in total. The normalized spacial score (nSPS) is 15.1. The third kappa shape index (κ3) is 3.97. The van der Waals surface area contributed by atoms with Crippen molar-refractivity contribution in [2.24, 2.45) is 0 Å². The molecule has 0 spiro atoms. The Morgan fingerprint density at radius 3 is 2.62 bits per heavy atom. The molecule has 0 saturated heterocycles. The van der Waals surface area contributed by atoms with E-state index in [1.165, 1.54) is 0 Å². The number of hydrogen-bond donors (Lipinski definition) is 3. The molecule has 0 aliphatic carbocycles. The highest BCUT2D eigenvalue weighted by Crippen LogP contribution is 2.25. The first-order chi connectivity index (χ1) is 6.10. The molecule has 0 aromatic carbocycles. The van der Waals surface area contributed by atoms with Crippen molar-refractivity contribution in [3.63, 3.8) is 0 Å². The number of rotatable bonds is 6. The molecule has 1 atom stereocenters. The van der Waals surface area contributed by atoms with E-state index in [1.54, 1.807) is 6.92 Å². The summed E-state index contributed by atoms with van der Waals surface area (Å²) in [6.07, 6.45) is 1.11. The Hall–Kier alpha value is -0.260. The van der Waals surface area contributed by atoms with Crippen LogP contribution in [0.25, 0.3) is 0 Å². The van der Waals surface area contributed by atoms with Crippen LogP contribution in [0.3, 0.4) is 0 Å². The van der Waals surface area contributed by atoms with Crippen molar-refractivity contribution < 1.29 is 14.5 Å². The van der Waals surface area contributed by atoms with Crippen molar-refractivity contribution in [1.82, 2.24) is 5.32 Å². The molecule has 0 heterocycles. The summed E-state index contributed by atoms with van der Waals surface area (Å²) in [6, 6.07) is 0. The molecule has 5 heteroatoms. The van der Waals surface area contributed by atoms with Crippen LogP contribution < -0.4 is 5.32 Å². The Labute approximate surface area is 82.9 Å². The van der Waals surface area contributed by atoms with Gasteiger partial charge in [0.2, 0.25) is 5.91 Å². The van der Waals surface area contributed by atoms with E-state index < -0.39 is 4.75 Å². The summed E-state index contributed by atoms with van der Waals surface area (Å²) in [4.78, 5) is 11.4. The maximum Gasteiger partial charge on any atom is 0.238 e. The lowest BCUT2D eigenvalue weighted by Gasteiger charge is -2.23. The van der Waals surface area contributed by atoms with Crippen LogP contribution in [0.4, 0.5) is 0 Å². The smallest absolute Gasteiger partial charge is 0.238 e. The quantitative estimate of drug-likeness (QED) is 0.565. The molecule has 0 radical (unpaired) electrons. The van der Waals surface area contributed by atoms with E-state index in [-0.39, 0.29) is 18.9 Å². The predicted molar refractivity (Wildman–Crippen MR) is 53.6 cm³/mol. The van der Waals surface area contributed by atoms with Gasteiger partial charge in [0.15, 0.2) is 0 Å². The van der Waals surface area contributed by atoms with Gasteiger partial charge in [-0.2, -0.15) is 0 Å². The van der Waals surface area contributed by atoms with Crippen molar-refractivity contribution in [3.8, 4) is 0 Å². The molecule has 1 amide bonds. The van der Waals surface area contributed by atoms with Crippen LogP contribution in [0.2, 0.25) is 0 Å². The molecule has 0 bridgehead atoms. The highest BCUT2D eigenvalue weighted by Gasteiger charge is 2.33. The third-order valence-corrected chi connectivity index (χ3v) is 2.60. The second-order valence-electron chi connectivity index (χ2n) is 3.05. The van der Waals surface area contributed by atoms with Gasteiger partial charge in [0.1, 0.15) is 4.75 Å². The van der Waals surface area contributed by atoms with E-state index >= 15 is 0 Å². The van der Waals surface area contributed by atoms with Crippen LogP contribution in [0.5, 0.6) is 0 Å². The standard InChI is InChI=1S/C8H17NO3S/c1-3-5-9-7(11)8(2,13-12)4-6-10/h10,12H,3-6H2,1-2H3,(H,9,11). The number of nitrogens with one attached hydrogen (secondary N) is 1. The number of carbonyl (C=O) groups is 1. The second kappa shape index (κ2) is 6.23. The molecular formula is C8H17NO3S. The summed E-state index contributed by atoms with van der Waals surface area (Å²) in [5.41, 5.74) is 0. The van der Waals surface area contributed by atoms with Crippen LogP contribution in [0.15, 0.2) is 0 Å². The predicted octanol–water partition coefficient (Wildman–Crippen LogP) is 0.860. The zero-order valence-corrected chi connectivity index (χ0v) is 8.86. The fourth-order valence-corrected chi connectivity index (χ4v) is 1.18. The summed E-state index contributed by atoms with van der Waals surface area (Å²) >= 11 is 0.483. The molecule has 1 unspecified atom stereocenters. The van der Waals surface area contributed by atoms with Crippen molar-refractivity contribution >= 4 is 17.9 Å². The molecule has 0 rings (SSSR count). The summed E-state index contributed by atoms with van der Waals surface area (Å²) in [7, 11) is 0. The third-order valence-electron chi connectivity index (χ3n) is 1.81. The molecular weight excluding hydrogens is 190 g/mol. The van der Waals surface area contributed by atoms with Gasteiger partial charge in [0.25, 0.3) is 0 Å². The first kappa shape index (κ1) is 12.7. The fourth-order valence-electron chi connectivity index (χ4n) is 0.839. The van der Waals surface area contributed by atoms with E-state index in [1.807, 2.05) is 6.92 Å². The maximum absolute atomic E-state index is 11.4. The minimum Gasteiger partial charge on any atom is -0.396 e. The van der Waals surface area contributed by atoms with Crippen molar-refractivity contribution in [2.45, 2.75) is 31.4 Å². The highest BCUT2D eigenvalue weighted by atomic mass is 32.2. The number of carbonyl (C=O) groups excluding carboxylic acids is 1. The van der Waals surface area contributed by atoms with Gasteiger partial charge in [-0.15, -0.1) is 0 Å². The van der Waals surface area contributed by atoms with Gasteiger partial charge >= 0.3 is 0 Å². The topological polar surface area (TPSA) is 69.6 Å². The summed E-state index contributed by atoms with van der Waals surface area (Å²) < 4.78 is 8.00. The van der Waals surface area contributed by atoms with Crippen molar-refractivity contribution in [2.75, 3.05) is 13.2 Å². The minimum absolute atomic E-state index is 0.108. The summed E-state index contributed by atoms with van der Waals surface area (Å²) in [6.45, 7) is 4.05. The molecule has 0 fully saturated rings. The van der Waals surface area contributed by atoms with Crippen molar-refractivity contribution in [3.05, 3.63) is 0 Å². The molecule has 0 aromatic heterocycles. The average Bonchev–Trinajstić information content (AvgIpc) is 2.14. The lowest BCUT2D eigenvalue weighted by molar-refractivity contribution is -0.123. The molecule has 3 N–H and O–H groups in total. The van der Waals surface area contributed by atoms with E-state index in [4.69, 9.17) is 9.66 Å². The summed E-state index contributed by atoms with van der Waals surface area (Å²) in [5, 5.41) is 11.4. The van der Waals surface area contributed by atoms with Gasteiger partial charge in [-0.25, -0.2) is 0 Å². The first-order valence-electron chi connectivity index (χ1n) is 4.32. The van der Waals surface area contributed by atoms with Gasteiger partial charge in [0, 0.05) is 25.2 Å². The molecule has 0 saturated carbocycles. The van der Waals surface area contributed by atoms with Crippen LogP contribution in [0.1, 0.15) is 26.7 Å². The number of aliphatic hydroxyl groups is 1. The largest absolute Gasteiger partial charge is 0.396 e. The van der Waals surface area contributed by atoms with Gasteiger partial charge in [0.05, 0.1) is 0 Å². The Bertz CT molecular complexity index is 165. The van der Waals surface area contributed by atoms with Gasteiger partial charge in [-0.05, 0) is 19.8 Å². The SMILES string of the molecule is CCCNC(=O)C(C)(CCO)SO. The molecule has 0 aliphatic heterocycles. The minimum atomic E-state index is -0.927. The fraction of sp³-hybridized carbons (Fsp3) is 0.875. The van der Waals surface area contributed by atoms with Crippen LogP contribution in [0, 0.1) is 0 Å². The Balaban J connectivity index is 4.12. The summed E-state index contributed by atoms with van der Waals surface area (Å²) in [5.74, 6) is -0.226. The molecule has 78 valence electrons. The number of aliphatic hydroxyl groups excluding tert-OH is 1. The average molecular weight is 207 g/mol. The number of amides is 1. The molecule has 13 heavy (non-hydrogen) atoms. The Morgan fingerprint density at radius 2 is 2.23 bits per heavy atom. The highest BCUT2D eigenvalue weighted by molar-refractivity contribution is 7.95. The van der Waals surface area contributed by atoms with Gasteiger partial charge < -0.3 is 15.0 Å². The van der Waals surface area contributed by atoms with E-state index in [0.29, 0.717) is 18.6 Å². The lowest BCUT2D eigenvalue weighted by Crippen LogP contribution is -2.42. The Morgan fingerprint density at radius 1 is 1.62 bits per heavy atom. The van der Waals surface area contributed by atoms with Crippen molar-refractivity contribution in [1.29, 1.82) is 0 Å². The maximum atomic E-state index is 11.4. The van der Waals surface area contributed by atoms with Crippen LogP contribution >= 0.6 is 12.0 Å². The van der Waals surface area contributed by atoms with Gasteiger partial charge in [-0.1, -0.05) is 6.92 Å². The van der Waals surface area contributed by atoms with E-state index in [0.717, 1.165) is 6.42 Å². The zero-order chi connectivity index (χ0) is 10.3. The van der Waals surface area contributed by atoms with Gasteiger partial charge in [-0.3, -0.25) is 4.79 Å². The number of hydrogen-bond acceptors (Lipinski definition) is 4. The lowest BCUT2D eigenvalue weighted by atomic mass is 10.1. The Kier molecular flexibility index (Phi) is 6.11. The van der Waals surface area contributed by atoms with E-state index in [2.05, 4.69) is 5.32 Å². The zero-order valence-electron chi connectivity index (χ0n) is 8.04. The molecule has 0 aliphatic rings. The monoisotopic (exact) mass is 207 g/mol. The van der Waals surface area contributed by atoms with Crippen LogP contribution in [-0.2, 0) is 4.79 Å². The first-order valence-corrected chi connectivity index (χ1v) is 5.09. The van der Waals surface area contributed by atoms with Crippen LogP contribution in [-0.4, -0.2) is 33.5 Å².